The first-order chi connectivity index (χ1) is 13.7. The van der Waals surface area contributed by atoms with Gasteiger partial charge in [-0.2, -0.15) is 0 Å². The highest BCUT2D eigenvalue weighted by atomic mass is 19.1. The predicted octanol–water partition coefficient (Wildman–Crippen LogP) is 3.36. The molecule has 0 bridgehead atoms. The number of halogens is 2. The van der Waals surface area contributed by atoms with Crippen molar-refractivity contribution in [1.82, 2.24) is 15.3 Å². The summed E-state index contributed by atoms with van der Waals surface area (Å²) in [7, 11) is 0. The smallest absolute Gasteiger partial charge is 0.147 e. The summed E-state index contributed by atoms with van der Waals surface area (Å²) in [6.45, 7) is 3.84. The number of hydrogen-bond donors (Lipinski definition) is 2. The second-order valence-corrected chi connectivity index (χ2v) is 6.90. The van der Waals surface area contributed by atoms with E-state index >= 15 is 0 Å². The summed E-state index contributed by atoms with van der Waals surface area (Å²) in [5, 5.41) is 7.17. The lowest BCUT2D eigenvalue weighted by atomic mass is 10.1. The van der Waals surface area contributed by atoms with E-state index in [9.17, 15) is 8.78 Å². The van der Waals surface area contributed by atoms with E-state index in [1.807, 2.05) is 11.0 Å². The van der Waals surface area contributed by atoms with Gasteiger partial charge in [0.15, 0.2) is 0 Å². The minimum Gasteiger partial charge on any atom is -0.369 e. The van der Waals surface area contributed by atoms with E-state index in [-0.39, 0.29) is 11.6 Å². The van der Waals surface area contributed by atoms with Gasteiger partial charge in [0.2, 0.25) is 0 Å². The van der Waals surface area contributed by atoms with E-state index in [1.54, 1.807) is 18.2 Å². The Morgan fingerprint density at radius 2 is 1.86 bits per heavy atom. The fourth-order valence-electron chi connectivity index (χ4n) is 3.54. The van der Waals surface area contributed by atoms with Gasteiger partial charge < -0.3 is 15.5 Å². The van der Waals surface area contributed by atoms with Crippen molar-refractivity contribution in [2.45, 2.75) is 12.8 Å². The third-order valence-electron chi connectivity index (χ3n) is 5.03. The maximum atomic E-state index is 14.8. The molecule has 2 aromatic carbocycles. The maximum absolute atomic E-state index is 14.8. The van der Waals surface area contributed by atoms with Gasteiger partial charge in [-0.05, 0) is 36.6 Å². The van der Waals surface area contributed by atoms with Gasteiger partial charge in [0.25, 0.3) is 0 Å². The molecule has 0 aliphatic carbocycles. The number of benzene rings is 2. The summed E-state index contributed by atoms with van der Waals surface area (Å²) in [6.07, 6.45) is 2.86. The lowest BCUT2D eigenvalue weighted by molar-refractivity contribution is 0.567. The van der Waals surface area contributed by atoms with Crippen molar-refractivity contribution in [3.8, 4) is 0 Å². The third kappa shape index (κ3) is 4.04. The van der Waals surface area contributed by atoms with Crippen LogP contribution in [0.5, 0.6) is 0 Å². The van der Waals surface area contributed by atoms with Crippen molar-refractivity contribution in [3.63, 3.8) is 0 Å². The Kier molecular flexibility index (Phi) is 5.62. The fraction of sp³-hybridized carbons (Fsp3) is 0.333. The molecule has 3 aromatic rings. The number of aryl methyl sites for hydroxylation is 1. The average Bonchev–Trinajstić information content (AvgIpc) is 2.73. The van der Waals surface area contributed by atoms with Gasteiger partial charge in [0.05, 0.1) is 11.2 Å². The summed E-state index contributed by atoms with van der Waals surface area (Å²) in [4.78, 5) is 10.6. The summed E-state index contributed by atoms with van der Waals surface area (Å²) in [5.41, 5.74) is 1.99. The van der Waals surface area contributed by atoms with Crippen LogP contribution < -0.4 is 15.5 Å². The highest BCUT2D eigenvalue weighted by Gasteiger charge is 2.17. The average molecular weight is 383 g/mol. The van der Waals surface area contributed by atoms with Crippen LogP contribution in [-0.2, 0) is 6.42 Å². The van der Waals surface area contributed by atoms with Crippen LogP contribution in [0.4, 0.5) is 20.3 Å². The lowest BCUT2D eigenvalue weighted by Gasteiger charge is -2.29. The zero-order valence-corrected chi connectivity index (χ0v) is 15.6. The summed E-state index contributed by atoms with van der Waals surface area (Å²) in [6, 6.07) is 10.1. The number of hydrogen-bond acceptors (Lipinski definition) is 5. The number of fused-ring (bicyclic) bond motifs is 1. The van der Waals surface area contributed by atoms with Crippen LogP contribution in [0, 0.1) is 11.6 Å². The normalized spacial score (nSPS) is 14.4. The van der Waals surface area contributed by atoms with Gasteiger partial charge in [0, 0.05) is 38.1 Å². The lowest BCUT2D eigenvalue weighted by Crippen LogP contribution is -2.43. The van der Waals surface area contributed by atoms with Crippen molar-refractivity contribution in [2.75, 3.05) is 42.9 Å². The molecule has 1 aliphatic rings. The number of nitrogens with zero attached hydrogens (tertiary/aromatic N) is 3. The topological polar surface area (TPSA) is 53.1 Å². The molecule has 0 amide bonds. The van der Waals surface area contributed by atoms with Crippen LogP contribution >= 0.6 is 0 Å². The number of aromatic nitrogens is 2. The maximum Gasteiger partial charge on any atom is 0.147 e. The van der Waals surface area contributed by atoms with Crippen molar-refractivity contribution in [3.05, 3.63) is 59.9 Å². The van der Waals surface area contributed by atoms with Gasteiger partial charge in [-0.15, -0.1) is 0 Å². The molecular formula is C21H23F2N5. The Labute approximate surface area is 162 Å². The van der Waals surface area contributed by atoms with Crippen molar-refractivity contribution in [1.29, 1.82) is 0 Å². The van der Waals surface area contributed by atoms with E-state index in [0.717, 1.165) is 32.6 Å². The van der Waals surface area contributed by atoms with E-state index in [2.05, 4.69) is 20.6 Å². The van der Waals surface area contributed by atoms with E-state index in [0.29, 0.717) is 40.9 Å². The van der Waals surface area contributed by atoms with Crippen LogP contribution in [0.15, 0.2) is 42.7 Å². The molecule has 4 rings (SSSR count). The van der Waals surface area contributed by atoms with Gasteiger partial charge in [0.1, 0.15) is 23.8 Å². The van der Waals surface area contributed by atoms with Crippen LogP contribution in [0.25, 0.3) is 10.9 Å². The first kappa shape index (κ1) is 18.6. The van der Waals surface area contributed by atoms with Crippen LogP contribution in [-0.4, -0.2) is 42.7 Å². The first-order valence-electron chi connectivity index (χ1n) is 9.59. The van der Waals surface area contributed by atoms with Gasteiger partial charge in [-0.3, -0.25) is 0 Å². The SMILES string of the molecule is Fc1ccccc1CCCNc1ncnc2cc(N3CCNCC3)c(F)cc12. The predicted molar refractivity (Wildman–Crippen MR) is 108 cm³/mol. The Morgan fingerprint density at radius 3 is 2.68 bits per heavy atom. The molecule has 2 heterocycles. The van der Waals surface area contributed by atoms with Gasteiger partial charge >= 0.3 is 0 Å². The zero-order valence-electron chi connectivity index (χ0n) is 15.6. The first-order valence-corrected chi connectivity index (χ1v) is 9.59. The number of piperazine rings is 1. The Morgan fingerprint density at radius 1 is 1.04 bits per heavy atom. The molecule has 0 spiro atoms. The van der Waals surface area contributed by atoms with Crippen LogP contribution in [0.1, 0.15) is 12.0 Å². The Balaban J connectivity index is 1.47. The second kappa shape index (κ2) is 8.48. The molecule has 0 atom stereocenters. The molecule has 2 N–H and O–H groups in total. The number of rotatable bonds is 6. The van der Waals surface area contributed by atoms with E-state index in [4.69, 9.17) is 0 Å². The minimum atomic E-state index is -0.265. The monoisotopic (exact) mass is 383 g/mol. The number of nitrogens with one attached hydrogen (secondary N) is 2. The highest BCUT2D eigenvalue weighted by Crippen LogP contribution is 2.28. The molecule has 1 saturated heterocycles. The van der Waals surface area contributed by atoms with Crippen molar-refractivity contribution in [2.24, 2.45) is 0 Å². The standard InChI is InChI=1S/C21H23F2N5/c22-17-6-2-1-4-15(17)5-3-7-25-21-16-12-18(23)20(13-19(16)26-14-27-21)28-10-8-24-9-11-28/h1-2,4,6,12-14,24H,3,5,7-11H2,(H,25,26,27). The third-order valence-corrected chi connectivity index (χ3v) is 5.03. The Bertz CT molecular complexity index is 957. The van der Waals surface area contributed by atoms with Crippen LogP contribution in [0.2, 0.25) is 0 Å². The van der Waals surface area contributed by atoms with Crippen molar-refractivity contribution < 1.29 is 8.78 Å². The molecule has 1 aliphatic heterocycles. The van der Waals surface area contributed by atoms with E-state index < -0.39 is 0 Å². The molecule has 1 aromatic heterocycles. The fourth-order valence-corrected chi connectivity index (χ4v) is 3.54. The largest absolute Gasteiger partial charge is 0.369 e. The summed E-state index contributed by atoms with van der Waals surface area (Å²) < 4.78 is 28.4. The van der Waals surface area contributed by atoms with Crippen molar-refractivity contribution >= 4 is 22.4 Å². The highest BCUT2D eigenvalue weighted by molar-refractivity contribution is 5.91. The van der Waals surface area contributed by atoms with Gasteiger partial charge in [-0.25, -0.2) is 18.7 Å². The van der Waals surface area contributed by atoms with E-state index in [1.165, 1.54) is 18.5 Å². The molecular weight excluding hydrogens is 360 g/mol. The zero-order chi connectivity index (χ0) is 19.3. The number of anilines is 2. The molecule has 7 heteroatoms. The summed E-state index contributed by atoms with van der Waals surface area (Å²) in [5.74, 6) is 0.153. The Hall–Kier alpha value is -2.80. The molecule has 0 radical (unpaired) electrons. The molecule has 0 unspecified atom stereocenters. The van der Waals surface area contributed by atoms with Gasteiger partial charge in [-0.1, -0.05) is 18.2 Å². The summed E-state index contributed by atoms with van der Waals surface area (Å²) >= 11 is 0. The minimum absolute atomic E-state index is 0.183. The molecule has 1 fully saturated rings. The van der Waals surface area contributed by atoms with Crippen LogP contribution in [0.3, 0.4) is 0 Å². The molecule has 5 nitrogen and oxygen atoms in total. The second-order valence-electron chi connectivity index (χ2n) is 6.90. The molecule has 146 valence electrons. The molecule has 28 heavy (non-hydrogen) atoms. The quantitative estimate of drug-likeness (QED) is 0.640. The molecule has 0 saturated carbocycles.